The zero-order chi connectivity index (χ0) is 14.9. The second-order valence-corrected chi connectivity index (χ2v) is 6.50. The molecule has 0 aliphatic heterocycles. The van der Waals surface area contributed by atoms with Crippen LogP contribution in [0.5, 0.6) is 0 Å². The minimum atomic E-state index is -0.0666. The fourth-order valence-electron chi connectivity index (χ4n) is 1.81. The average molecular weight is 322 g/mol. The van der Waals surface area contributed by atoms with E-state index in [9.17, 15) is 9.59 Å². The fourth-order valence-corrected chi connectivity index (χ4v) is 3.16. The van der Waals surface area contributed by atoms with E-state index < -0.39 is 0 Å². The molecule has 0 spiro atoms. The number of rotatable bonds is 8. The maximum Gasteiger partial charge on any atom is 0.261 e. The van der Waals surface area contributed by atoms with Gasteiger partial charge in [-0.1, -0.05) is 12.1 Å². The molecule has 2 amide bonds. The van der Waals surface area contributed by atoms with Gasteiger partial charge in [0.25, 0.3) is 5.91 Å². The van der Waals surface area contributed by atoms with Crippen LogP contribution >= 0.6 is 22.7 Å². The Morgan fingerprint density at radius 3 is 2.52 bits per heavy atom. The molecule has 2 heterocycles. The largest absolute Gasteiger partial charge is 0.356 e. The van der Waals surface area contributed by atoms with Crippen LogP contribution in [0.15, 0.2) is 35.0 Å². The molecule has 0 fully saturated rings. The topological polar surface area (TPSA) is 58.2 Å². The van der Waals surface area contributed by atoms with Crippen molar-refractivity contribution in [2.45, 2.75) is 19.3 Å². The van der Waals surface area contributed by atoms with Gasteiger partial charge in [-0.25, -0.2) is 0 Å². The van der Waals surface area contributed by atoms with Gasteiger partial charge in [0.05, 0.1) is 4.88 Å². The number of carbonyl (C=O) groups excluding carboxylic acids is 2. The maximum absolute atomic E-state index is 11.7. The van der Waals surface area contributed by atoms with E-state index in [0.717, 1.165) is 6.42 Å². The predicted molar refractivity (Wildman–Crippen MR) is 86.9 cm³/mol. The SMILES string of the molecule is O=C(CCCNC(=O)c1cccs1)NCCc1cccs1. The molecule has 0 aliphatic rings. The number of hydrogen-bond acceptors (Lipinski definition) is 4. The van der Waals surface area contributed by atoms with Gasteiger partial charge in [-0.15, -0.1) is 22.7 Å². The van der Waals surface area contributed by atoms with E-state index in [4.69, 9.17) is 0 Å². The van der Waals surface area contributed by atoms with Gasteiger partial charge in [0.1, 0.15) is 0 Å². The van der Waals surface area contributed by atoms with Gasteiger partial charge in [-0.3, -0.25) is 9.59 Å². The molecule has 6 heteroatoms. The molecule has 0 atom stereocenters. The molecule has 2 rings (SSSR count). The molecule has 112 valence electrons. The highest BCUT2D eigenvalue weighted by molar-refractivity contribution is 7.12. The fraction of sp³-hybridized carbons (Fsp3) is 0.333. The zero-order valence-electron chi connectivity index (χ0n) is 11.6. The molecule has 0 radical (unpaired) electrons. The van der Waals surface area contributed by atoms with Crippen molar-refractivity contribution in [3.63, 3.8) is 0 Å². The van der Waals surface area contributed by atoms with Gasteiger partial charge >= 0.3 is 0 Å². The van der Waals surface area contributed by atoms with Crippen LogP contribution in [0.1, 0.15) is 27.4 Å². The summed E-state index contributed by atoms with van der Waals surface area (Å²) in [6, 6.07) is 7.72. The van der Waals surface area contributed by atoms with Crippen molar-refractivity contribution in [2.75, 3.05) is 13.1 Å². The summed E-state index contributed by atoms with van der Waals surface area (Å²) in [5, 5.41) is 9.61. The van der Waals surface area contributed by atoms with Crippen LogP contribution in [0.3, 0.4) is 0 Å². The summed E-state index contributed by atoms with van der Waals surface area (Å²) < 4.78 is 0. The van der Waals surface area contributed by atoms with Crippen molar-refractivity contribution in [1.29, 1.82) is 0 Å². The Bertz CT molecular complexity index is 550. The van der Waals surface area contributed by atoms with E-state index in [-0.39, 0.29) is 11.8 Å². The van der Waals surface area contributed by atoms with E-state index in [2.05, 4.69) is 16.7 Å². The summed E-state index contributed by atoms with van der Waals surface area (Å²) in [5.74, 6) is -0.0277. The van der Waals surface area contributed by atoms with Crippen molar-refractivity contribution in [1.82, 2.24) is 10.6 Å². The average Bonchev–Trinajstić information content (AvgIpc) is 3.16. The number of nitrogens with one attached hydrogen (secondary N) is 2. The second kappa shape index (κ2) is 8.59. The first kappa shape index (κ1) is 15.7. The lowest BCUT2D eigenvalue weighted by Gasteiger charge is -2.05. The van der Waals surface area contributed by atoms with E-state index in [0.29, 0.717) is 30.8 Å². The third-order valence-electron chi connectivity index (χ3n) is 2.88. The summed E-state index contributed by atoms with van der Waals surface area (Å²) in [5.41, 5.74) is 0. The molecular weight excluding hydrogens is 304 g/mol. The van der Waals surface area contributed by atoms with Gasteiger partial charge < -0.3 is 10.6 Å². The molecular formula is C15H18N2O2S2. The molecule has 4 nitrogen and oxygen atoms in total. The number of thiophene rings is 2. The van der Waals surface area contributed by atoms with Crippen LogP contribution in [0.4, 0.5) is 0 Å². The summed E-state index contributed by atoms with van der Waals surface area (Å²) in [7, 11) is 0. The summed E-state index contributed by atoms with van der Waals surface area (Å²) >= 11 is 3.11. The Labute approximate surface area is 132 Å². The van der Waals surface area contributed by atoms with E-state index in [1.54, 1.807) is 17.4 Å². The Hall–Kier alpha value is -1.66. The van der Waals surface area contributed by atoms with Crippen molar-refractivity contribution in [3.05, 3.63) is 44.8 Å². The van der Waals surface area contributed by atoms with Gasteiger partial charge in [-0.2, -0.15) is 0 Å². The van der Waals surface area contributed by atoms with Crippen LogP contribution in [0.2, 0.25) is 0 Å². The second-order valence-electron chi connectivity index (χ2n) is 4.52. The highest BCUT2D eigenvalue weighted by atomic mass is 32.1. The number of hydrogen-bond donors (Lipinski definition) is 2. The third-order valence-corrected chi connectivity index (χ3v) is 4.69. The van der Waals surface area contributed by atoms with Crippen LogP contribution in [-0.2, 0) is 11.2 Å². The number of amides is 2. The first-order valence-electron chi connectivity index (χ1n) is 6.86. The van der Waals surface area contributed by atoms with Gasteiger partial charge in [-0.05, 0) is 35.7 Å². The quantitative estimate of drug-likeness (QED) is 0.734. The molecule has 0 bridgehead atoms. The molecule has 0 aliphatic carbocycles. The Balaban J connectivity index is 1.52. The Morgan fingerprint density at radius 2 is 1.81 bits per heavy atom. The van der Waals surface area contributed by atoms with E-state index in [1.165, 1.54) is 16.2 Å². The zero-order valence-corrected chi connectivity index (χ0v) is 13.3. The minimum absolute atomic E-state index is 0.0388. The van der Waals surface area contributed by atoms with Gasteiger partial charge in [0.15, 0.2) is 0 Å². The van der Waals surface area contributed by atoms with Crippen molar-refractivity contribution >= 4 is 34.5 Å². The molecule has 2 aromatic heterocycles. The van der Waals surface area contributed by atoms with Crippen molar-refractivity contribution in [3.8, 4) is 0 Å². The van der Waals surface area contributed by atoms with E-state index in [1.807, 2.05) is 22.9 Å². The molecule has 0 unspecified atom stereocenters. The molecule has 2 aromatic rings. The van der Waals surface area contributed by atoms with Crippen LogP contribution < -0.4 is 10.6 Å². The predicted octanol–water partition coefficient (Wildman–Crippen LogP) is 2.68. The minimum Gasteiger partial charge on any atom is -0.356 e. The summed E-state index contributed by atoms with van der Waals surface area (Å²) in [6.07, 6.45) is 1.97. The summed E-state index contributed by atoms with van der Waals surface area (Å²) in [4.78, 5) is 25.3. The van der Waals surface area contributed by atoms with Crippen LogP contribution in [0.25, 0.3) is 0 Å². The standard InChI is InChI=1S/C15H18N2O2S2/c18-14(16-9-7-12-4-2-10-20-12)6-1-8-17-15(19)13-5-3-11-21-13/h2-5,10-11H,1,6-9H2,(H,16,18)(H,17,19). The molecule has 0 saturated heterocycles. The lowest BCUT2D eigenvalue weighted by atomic mass is 10.2. The van der Waals surface area contributed by atoms with Crippen LogP contribution in [-0.4, -0.2) is 24.9 Å². The maximum atomic E-state index is 11.7. The Morgan fingerprint density at radius 1 is 1.00 bits per heavy atom. The third kappa shape index (κ3) is 5.69. The van der Waals surface area contributed by atoms with Gasteiger partial charge in [0.2, 0.25) is 5.91 Å². The highest BCUT2D eigenvalue weighted by Gasteiger charge is 2.06. The summed E-state index contributed by atoms with van der Waals surface area (Å²) in [6.45, 7) is 1.19. The molecule has 0 saturated carbocycles. The first-order chi connectivity index (χ1) is 10.3. The number of carbonyl (C=O) groups is 2. The lowest BCUT2D eigenvalue weighted by molar-refractivity contribution is -0.121. The van der Waals surface area contributed by atoms with Crippen molar-refractivity contribution in [2.24, 2.45) is 0 Å². The molecule has 21 heavy (non-hydrogen) atoms. The molecule has 0 aromatic carbocycles. The van der Waals surface area contributed by atoms with Gasteiger partial charge in [0, 0.05) is 24.4 Å². The highest BCUT2D eigenvalue weighted by Crippen LogP contribution is 2.08. The van der Waals surface area contributed by atoms with Crippen molar-refractivity contribution < 1.29 is 9.59 Å². The van der Waals surface area contributed by atoms with E-state index >= 15 is 0 Å². The monoisotopic (exact) mass is 322 g/mol. The lowest BCUT2D eigenvalue weighted by Crippen LogP contribution is -2.28. The molecule has 2 N–H and O–H groups in total. The Kier molecular flexibility index (Phi) is 6.43. The first-order valence-corrected chi connectivity index (χ1v) is 8.62. The van der Waals surface area contributed by atoms with Crippen LogP contribution in [0, 0.1) is 0 Å². The smallest absolute Gasteiger partial charge is 0.261 e. The normalized spacial score (nSPS) is 10.3.